The molecular weight excluding hydrogens is 390 g/mol. The Balaban J connectivity index is 1.37. The fourth-order valence-electron chi connectivity index (χ4n) is 3.51. The predicted octanol–water partition coefficient (Wildman–Crippen LogP) is 1.87. The molecule has 1 saturated carbocycles. The fraction of sp³-hybridized carbons (Fsp3) is 0.571. The highest BCUT2D eigenvalue weighted by Crippen LogP contribution is 2.26. The maximum absolute atomic E-state index is 12.6. The summed E-state index contributed by atoms with van der Waals surface area (Å²) in [5.41, 5.74) is 1.07. The molecule has 3 rings (SSSR count). The Bertz CT molecular complexity index is 733. The van der Waals surface area contributed by atoms with E-state index in [2.05, 4.69) is 15.6 Å². The lowest BCUT2D eigenvalue weighted by Crippen LogP contribution is -2.55. The zero-order chi connectivity index (χ0) is 20.6. The summed E-state index contributed by atoms with van der Waals surface area (Å²) in [6.07, 6.45) is 4.03. The third-order valence-electron chi connectivity index (χ3n) is 5.53. The second-order valence-corrected chi connectivity index (χ2v) is 8.05. The van der Waals surface area contributed by atoms with Gasteiger partial charge in [0.1, 0.15) is 0 Å². The first-order valence-electron chi connectivity index (χ1n) is 10.3. The minimum absolute atomic E-state index is 0.0851. The molecule has 2 N–H and O–H groups in total. The van der Waals surface area contributed by atoms with Gasteiger partial charge >= 0.3 is 0 Å². The van der Waals surface area contributed by atoms with Crippen molar-refractivity contribution in [2.75, 3.05) is 39.8 Å². The molecule has 158 valence electrons. The minimum atomic E-state index is 0.0851. The number of benzene rings is 1. The smallest absolute Gasteiger partial charge is 0.242 e. The molecule has 2 aliphatic rings. The van der Waals surface area contributed by atoms with Crippen LogP contribution in [0.2, 0.25) is 5.02 Å². The maximum Gasteiger partial charge on any atom is 0.242 e. The van der Waals surface area contributed by atoms with Gasteiger partial charge in [0, 0.05) is 50.7 Å². The zero-order valence-corrected chi connectivity index (χ0v) is 17.7. The first-order chi connectivity index (χ1) is 14.1. The summed E-state index contributed by atoms with van der Waals surface area (Å²) in [6.45, 7) is 3.66. The fourth-order valence-corrected chi connectivity index (χ4v) is 3.64. The first-order valence-corrected chi connectivity index (χ1v) is 10.7. The number of nitrogens with one attached hydrogen (secondary N) is 2. The Hall–Kier alpha value is -2.28. The Morgan fingerprint density at radius 1 is 1.17 bits per heavy atom. The summed E-state index contributed by atoms with van der Waals surface area (Å²) in [6, 6.07) is 7.59. The van der Waals surface area contributed by atoms with Crippen LogP contribution in [0.4, 0.5) is 0 Å². The predicted molar refractivity (Wildman–Crippen MR) is 115 cm³/mol. The molecule has 1 saturated heterocycles. The van der Waals surface area contributed by atoms with Gasteiger partial charge in [0.05, 0.1) is 6.54 Å². The summed E-state index contributed by atoms with van der Waals surface area (Å²) < 4.78 is 0. The molecule has 0 bridgehead atoms. The Morgan fingerprint density at radius 3 is 2.52 bits per heavy atom. The molecule has 0 unspecified atom stereocenters. The van der Waals surface area contributed by atoms with E-state index >= 15 is 0 Å². The maximum atomic E-state index is 12.6. The van der Waals surface area contributed by atoms with Crippen molar-refractivity contribution in [2.45, 2.75) is 32.2 Å². The van der Waals surface area contributed by atoms with Gasteiger partial charge in [-0.3, -0.25) is 14.6 Å². The van der Waals surface area contributed by atoms with Crippen molar-refractivity contribution in [1.29, 1.82) is 0 Å². The van der Waals surface area contributed by atoms with Crippen LogP contribution in [0.25, 0.3) is 0 Å². The molecule has 29 heavy (non-hydrogen) atoms. The van der Waals surface area contributed by atoms with E-state index in [0.29, 0.717) is 37.7 Å². The van der Waals surface area contributed by atoms with Crippen LogP contribution in [0.15, 0.2) is 29.3 Å². The van der Waals surface area contributed by atoms with E-state index in [0.717, 1.165) is 37.3 Å². The van der Waals surface area contributed by atoms with Crippen LogP contribution in [0, 0.1) is 5.92 Å². The molecule has 1 aliphatic carbocycles. The summed E-state index contributed by atoms with van der Waals surface area (Å²) >= 11 is 5.92. The average Bonchev–Trinajstić information content (AvgIpc) is 2.66. The minimum Gasteiger partial charge on any atom is -0.356 e. The van der Waals surface area contributed by atoms with Crippen LogP contribution < -0.4 is 10.6 Å². The van der Waals surface area contributed by atoms with Crippen molar-refractivity contribution < 1.29 is 9.59 Å². The van der Waals surface area contributed by atoms with Crippen molar-refractivity contribution >= 4 is 29.4 Å². The van der Waals surface area contributed by atoms with Crippen LogP contribution in [-0.2, 0) is 16.1 Å². The number of halogens is 1. The number of hydrogen-bond acceptors (Lipinski definition) is 3. The molecule has 0 spiro atoms. The van der Waals surface area contributed by atoms with E-state index in [1.165, 1.54) is 6.42 Å². The normalized spacial score (nSPS) is 17.9. The highest BCUT2D eigenvalue weighted by atomic mass is 35.5. The lowest BCUT2D eigenvalue weighted by Gasteiger charge is -2.36. The van der Waals surface area contributed by atoms with E-state index in [9.17, 15) is 9.59 Å². The van der Waals surface area contributed by atoms with Gasteiger partial charge in [0.2, 0.25) is 11.8 Å². The molecule has 0 atom stereocenters. The van der Waals surface area contributed by atoms with Gasteiger partial charge in [0.15, 0.2) is 5.96 Å². The lowest BCUT2D eigenvalue weighted by molar-refractivity contribution is -0.135. The molecule has 1 aliphatic heterocycles. The lowest BCUT2D eigenvalue weighted by atomic mass is 9.85. The quantitative estimate of drug-likeness (QED) is 0.402. The van der Waals surface area contributed by atoms with Gasteiger partial charge in [-0.15, -0.1) is 0 Å². The van der Waals surface area contributed by atoms with Gasteiger partial charge < -0.3 is 20.4 Å². The van der Waals surface area contributed by atoms with Crippen LogP contribution in [0.5, 0.6) is 0 Å². The number of nitrogens with zero attached hydrogens (tertiary/aromatic N) is 3. The van der Waals surface area contributed by atoms with Crippen molar-refractivity contribution in [1.82, 2.24) is 20.4 Å². The monoisotopic (exact) mass is 419 g/mol. The summed E-state index contributed by atoms with van der Waals surface area (Å²) in [4.78, 5) is 32.6. The van der Waals surface area contributed by atoms with E-state index in [1.807, 2.05) is 34.1 Å². The number of hydrogen-bond donors (Lipinski definition) is 2. The van der Waals surface area contributed by atoms with Crippen molar-refractivity contribution in [3.63, 3.8) is 0 Å². The number of amides is 2. The van der Waals surface area contributed by atoms with Gasteiger partial charge in [-0.1, -0.05) is 30.2 Å². The highest BCUT2D eigenvalue weighted by Gasteiger charge is 2.26. The topological polar surface area (TPSA) is 77.0 Å². The molecule has 1 heterocycles. The van der Waals surface area contributed by atoms with E-state index in [-0.39, 0.29) is 17.7 Å². The highest BCUT2D eigenvalue weighted by molar-refractivity contribution is 6.30. The van der Waals surface area contributed by atoms with Gasteiger partial charge in [-0.05, 0) is 37.0 Å². The molecule has 7 nitrogen and oxygen atoms in total. The van der Waals surface area contributed by atoms with Crippen molar-refractivity contribution in [3.05, 3.63) is 34.9 Å². The van der Waals surface area contributed by atoms with E-state index < -0.39 is 0 Å². The number of aliphatic imine (C=N–C) groups is 1. The number of guanidine groups is 1. The Morgan fingerprint density at radius 2 is 1.90 bits per heavy atom. The second-order valence-electron chi connectivity index (χ2n) is 7.61. The summed E-state index contributed by atoms with van der Waals surface area (Å²) in [5, 5.41) is 6.99. The zero-order valence-electron chi connectivity index (χ0n) is 17.0. The number of rotatable bonds is 7. The molecule has 1 aromatic rings. The number of carbonyl (C=O) groups is 2. The van der Waals surface area contributed by atoms with Crippen LogP contribution in [-0.4, -0.2) is 67.3 Å². The Labute approximate surface area is 177 Å². The third-order valence-corrected chi connectivity index (χ3v) is 5.78. The molecule has 0 aromatic heterocycles. The number of carbonyl (C=O) groups excluding carboxylic acids is 2. The largest absolute Gasteiger partial charge is 0.356 e. The van der Waals surface area contributed by atoms with E-state index in [4.69, 9.17) is 11.6 Å². The average molecular weight is 420 g/mol. The standard InChI is InChI=1S/C21H30ClN5O2/c1-23-21(25-11-3-10-24-20(29)17-4-2-5-17)27-13-12-26(19(28)15-27)14-16-6-8-18(22)9-7-16/h6-9,17H,2-5,10-15H2,1H3,(H,23,25)(H,24,29). The van der Waals surface area contributed by atoms with Gasteiger partial charge in [-0.2, -0.15) is 0 Å². The molecular formula is C21H30ClN5O2. The van der Waals surface area contributed by atoms with Gasteiger partial charge in [-0.25, -0.2) is 0 Å². The molecule has 1 aromatic carbocycles. The van der Waals surface area contributed by atoms with Crippen molar-refractivity contribution in [2.24, 2.45) is 10.9 Å². The second kappa shape index (κ2) is 10.5. The van der Waals surface area contributed by atoms with Crippen LogP contribution >= 0.6 is 11.6 Å². The summed E-state index contributed by atoms with van der Waals surface area (Å²) in [5.74, 6) is 1.23. The first kappa shape index (κ1) is 21.4. The third kappa shape index (κ3) is 6.10. The molecule has 2 amide bonds. The SMILES string of the molecule is CN=C(NCCCNC(=O)C1CCC1)N1CCN(Cc2ccc(Cl)cc2)C(=O)C1. The number of piperazine rings is 1. The van der Waals surface area contributed by atoms with Crippen LogP contribution in [0.3, 0.4) is 0 Å². The van der Waals surface area contributed by atoms with Gasteiger partial charge in [0.25, 0.3) is 0 Å². The Kier molecular flexibility index (Phi) is 7.75. The summed E-state index contributed by atoms with van der Waals surface area (Å²) in [7, 11) is 1.73. The molecule has 8 heteroatoms. The van der Waals surface area contributed by atoms with Crippen molar-refractivity contribution in [3.8, 4) is 0 Å². The molecule has 2 fully saturated rings. The molecule has 0 radical (unpaired) electrons. The van der Waals surface area contributed by atoms with E-state index in [1.54, 1.807) is 7.05 Å². The van der Waals surface area contributed by atoms with Crippen LogP contribution in [0.1, 0.15) is 31.2 Å².